The van der Waals surface area contributed by atoms with Gasteiger partial charge in [0.2, 0.25) is 0 Å². The fourth-order valence-electron chi connectivity index (χ4n) is 1.61. The van der Waals surface area contributed by atoms with Crippen molar-refractivity contribution in [2.75, 3.05) is 19.0 Å². The van der Waals surface area contributed by atoms with Crippen LogP contribution in [0.3, 0.4) is 0 Å². The topological polar surface area (TPSA) is 34.2 Å². The molecule has 1 saturated heterocycles. The van der Waals surface area contributed by atoms with Crippen molar-refractivity contribution in [3.63, 3.8) is 0 Å². The van der Waals surface area contributed by atoms with Gasteiger partial charge in [0.15, 0.2) is 5.13 Å². The maximum atomic E-state index is 5.70. The van der Waals surface area contributed by atoms with Crippen LogP contribution in [-0.2, 0) is 10.3 Å². The van der Waals surface area contributed by atoms with E-state index in [-0.39, 0.29) is 5.60 Å². The third-order valence-electron chi connectivity index (χ3n) is 2.48. The molecule has 1 unspecified atom stereocenters. The molecule has 2 rings (SSSR count). The predicted molar refractivity (Wildman–Crippen MR) is 54.2 cm³/mol. The highest BCUT2D eigenvalue weighted by molar-refractivity contribution is 7.13. The van der Waals surface area contributed by atoms with Gasteiger partial charge in [0.25, 0.3) is 0 Å². The lowest BCUT2D eigenvalue weighted by Gasteiger charge is -2.20. The molecule has 0 aromatic carbocycles. The monoisotopic (exact) mass is 198 g/mol. The molecule has 13 heavy (non-hydrogen) atoms. The Morgan fingerprint density at radius 1 is 1.69 bits per heavy atom. The summed E-state index contributed by atoms with van der Waals surface area (Å²) in [5, 5.41) is 6.08. The second-order valence-corrected chi connectivity index (χ2v) is 4.33. The van der Waals surface area contributed by atoms with Crippen molar-refractivity contribution >= 4 is 16.5 Å². The Morgan fingerprint density at radius 2 is 2.54 bits per heavy atom. The fourth-order valence-corrected chi connectivity index (χ4v) is 2.41. The zero-order valence-corrected chi connectivity index (χ0v) is 8.78. The largest absolute Gasteiger partial charge is 0.369 e. The van der Waals surface area contributed by atoms with Gasteiger partial charge in [0.1, 0.15) is 5.60 Å². The highest BCUT2D eigenvalue weighted by Crippen LogP contribution is 2.36. The van der Waals surface area contributed by atoms with Gasteiger partial charge in [-0.1, -0.05) is 0 Å². The Bertz CT molecular complexity index is 292. The van der Waals surface area contributed by atoms with E-state index in [9.17, 15) is 0 Å². The predicted octanol–water partition coefficient (Wildman–Crippen LogP) is 2.21. The number of nitrogens with one attached hydrogen (secondary N) is 1. The van der Waals surface area contributed by atoms with Crippen LogP contribution in [0.5, 0.6) is 0 Å². The minimum absolute atomic E-state index is 0.133. The molecule has 0 spiro atoms. The molecule has 1 aliphatic rings. The van der Waals surface area contributed by atoms with E-state index in [1.165, 1.54) is 0 Å². The molecule has 0 saturated carbocycles. The number of aromatic nitrogens is 1. The van der Waals surface area contributed by atoms with E-state index in [0.717, 1.165) is 30.3 Å². The molecule has 0 aliphatic carbocycles. The first kappa shape index (κ1) is 8.97. The smallest absolute Gasteiger partial charge is 0.182 e. The number of rotatable bonds is 2. The number of nitrogens with zero attached hydrogens (tertiary/aromatic N) is 1. The number of anilines is 1. The van der Waals surface area contributed by atoms with Crippen molar-refractivity contribution in [1.82, 2.24) is 4.98 Å². The van der Waals surface area contributed by atoms with Crippen molar-refractivity contribution in [3.05, 3.63) is 11.1 Å². The van der Waals surface area contributed by atoms with Crippen molar-refractivity contribution in [2.45, 2.75) is 25.4 Å². The van der Waals surface area contributed by atoms with Gasteiger partial charge < -0.3 is 10.1 Å². The molecule has 1 fully saturated rings. The lowest BCUT2D eigenvalue weighted by Crippen LogP contribution is -2.20. The molecule has 1 atom stereocenters. The fraction of sp³-hybridized carbons (Fsp3) is 0.667. The first-order valence-electron chi connectivity index (χ1n) is 4.52. The van der Waals surface area contributed by atoms with E-state index in [4.69, 9.17) is 4.74 Å². The van der Waals surface area contributed by atoms with Gasteiger partial charge in [-0.3, -0.25) is 0 Å². The average molecular weight is 198 g/mol. The summed E-state index contributed by atoms with van der Waals surface area (Å²) in [5.41, 5.74) is 0.936. The Morgan fingerprint density at radius 3 is 3.08 bits per heavy atom. The van der Waals surface area contributed by atoms with Crippen LogP contribution in [0.2, 0.25) is 0 Å². The van der Waals surface area contributed by atoms with Crippen LogP contribution in [0.15, 0.2) is 5.38 Å². The zero-order valence-electron chi connectivity index (χ0n) is 7.96. The van der Waals surface area contributed by atoms with E-state index >= 15 is 0 Å². The summed E-state index contributed by atoms with van der Waals surface area (Å²) >= 11 is 1.63. The first-order valence-corrected chi connectivity index (χ1v) is 5.40. The molecule has 72 valence electrons. The van der Waals surface area contributed by atoms with E-state index in [1.807, 2.05) is 7.05 Å². The normalized spacial score (nSPS) is 27.8. The second-order valence-electron chi connectivity index (χ2n) is 3.47. The maximum Gasteiger partial charge on any atom is 0.182 e. The van der Waals surface area contributed by atoms with E-state index in [1.54, 1.807) is 11.3 Å². The van der Waals surface area contributed by atoms with Crippen LogP contribution in [0, 0.1) is 0 Å². The van der Waals surface area contributed by atoms with Gasteiger partial charge in [0, 0.05) is 19.0 Å². The minimum Gasteiger partial charge on any atom is -0.369 e. The molecule has 0 radical (unpaired) electrons. The highest BCUT2D eigenvalue weighted by atomic mass is 32.1. The molecule has 1 aromatic rings. The van der Waals surface area contributed by atoms with E-state index in [2.05, 4.69) is 22.6 Å². The van der Waals surface area contributed by atoms with Crippen LogP contribution in [0.25, 0.3) is 0 Å². The Hall–Kier alpha value is -0.610. The Labute approximate surface area is 82.1 Å². The zero-order chi connectivity index (χ0) is 9.31. The van der Waals surface area contributed by atoms with Gasteiger partial charge in [-0.25, -0.2) is 4.98 Å². The molecule has 1 N–H and O–H groups in total. The van der Waals surface area contributed by atoms with Gasteiger partial charge >= 0.3 is 0 Å². The van der Waals surface area contributed by atoms with Crippen LogP contribution < -0.4 is 5.32 Å². The molecule has 1 aromatic heterocycles. The van der Waals surface area contributed by atoms with Crippen LogP contribution in [-0.4, -0.2) is 18.6 Å². The third-order valence-corrected chi connectivity index (χ3v) is 3.34. The number of ether oxygens (including phenoxy) is 1. The number of hydrogen-bond acceptors (Lipinski definition) is 4. The SMILES string of the molecule is CNc1nc(C2(C)CCCO2)cs1. The Balaban J connectivity index is 2.23. The van der Waals surface area contributed by atoms with Gasteiger partial charge in [-0.15, -0.1) is 11.3 Å². The molecule has 3 nitrogen and oxygen atoms in total. The second kappa shape index (κ2) is 3.27. The number of thiazole rings is 1. The quantitative estimate of drug-likeness (QED) is 0.791. The lowest BCUT2D eigenvalue weighted by atomic mass is 10.00. The molecule has 0 amide bonds. The molecular formula is C9H14N2OS. The molecular weight excluding hydrogens is 184 g/mol. The first-order chi connectivity index (χ1) is 6.24. The standard InChI is InChI=1S/C9H14N2OS/c1-9(4-3-5-12-9)7-6-13-8(10-2)11-7/h6H,3-5H2,1-2H3,(H,10,11). The summed E-state index contributed by atoms with van der Waals surface area (Å²) in [6.07, 6.45) is 2.23. The van der Waals surface area contributed by atoms with E-state index < -0.39 is 0 Å². The van der Waals surface area contributed by atoms with Crippen molar-refractivity contribution in [1.29, 1.82) is 0 Å². The molecule has 0 bridgehead atoms. The summed E-state index contributed by atoms with van der Waals surface area (Å²) in [7, 11) is 1.89. The van der Waals surface area contributed by atoms with Crippen molar-refractivity contribution < 1.29 is 4.74 Å². The van der Waals surface area contributed by atoms with Crippen LogP contribution >= 0.6 is 11.3 Å². The van der Waals surface area contributed by atoms with Crippen LogP contribution in [0.1, 0.15) is 25.5 Å². The third kappa shape index (κ3) is 1.56. The average Bonchev–Trinajstić information content (AvgIpc) is 2.72. The lowest BCUT2D eigenvalue weighted by molar-refractivity contribution is 0.0138. The van der Waals surface area contributed by atoms with Crippen molar-refractivity contribution in [2.24, 2.45) is 0 Å². The molecule has 1 aliphatic heterocycles. The van der Waals surface area contributed by atoms with E-state index in [0.29, 0.717) is 0 Å². The van der Waals surface area contributed by atoms with Gasteiger partial charge in [-0.05, 0) is 19.8 Å². The molecule has 4 heteroatoms. The van der Waals surface area contributed by atoms with Gasteiger partial charge in [-0.2, -0.15) is 0 Å². The minimum atomic E-state index is -0.133. The maximum absolute atomic E-state index is 5.70. The van der Waals surface area contributed by atoms with Crippen LogP contribution in [0.4, 0.5) is 5.13 Å². The summed E-state index contributed by atoms with van der Waals surface area (Å²) in [5.74, 6) is 0. The number of hydrogen-bond donors (Lipinski definition) is 1. The Kier molecular flexibility index (Phi) is 2.26. The summed E-state index contributed by atoms with van der Waals surface area (Å²) in [6.45, 7) is 2.98. The van der Waals surface area contributed by atoms with Crippen molar-refractivity contribution in [3.8, 4) is 0 Å². The summed E-state index contributed by atoms with van der Waals surface area (Å²) in [6, 6.07) is 0. The molecule has 2 heterocycles. The van der Waals surface area contributed by atoms with Gasteiger partial charge in [0.05, 0.1) is 5.69 Å². The summed E-state index contributed by atoms with van der Waals surface area (Å²) in [4.78, 5) is 4.46. The summed E-state index contributed by atoms with van der Waals surface area (Å²) < 4.78 is 5.70. The highest BCUT2D eigenvalue weighted by Gasteiger charge is 2.33.